The summed E-state index contributed by atoms with van der Waals surface area (Å²) in [6.07, 6.45) is 12.5. The molecule has 108 valence electrons. The molecule has 0 radical (unpaired) electrons. The number of hydrogen-bond acceptors (Lipinski definition) is 2. The van der Waals surface area contributed by atoms with E-state index in [4.69, 9.17) is 9.47 Å². The summed E-state index contributed by atoms with van der Waals surface area (Å²) in [4.78, 5) is 0. The van der Waals surface area contributed by atoms with Crippen molar-refractivity contribution >= 4 is 0 Å². The molecule has 0 aromatic heterocycles. The monoisotopic (exact) mass is 256 g/mol. The van der Waals surface area contributed by atoms with Crippen LogP contribution in [0.4, 0.5) is 0 Å². The summed E-state index contributed by atoms with van der Waals surface area (Å²) in [6.45, 7) is 3.12. The van der Waals surface area contributed by atoms with Gasteiger partial charge in [-0.05, 0) is 12.3 Å². The van der Waals surface area contributed by atoms with Gasteiger partial charge in [0.15, 0.2) is 0 Å². The van der Waals surface area contributed by atoms with Gasteiger partial charge in [-0.25, -0.2) is 0 Å². The quantitative estimate of drug-likeness (QED) is 0.598. The number of rotatable bonds is 8. The highest BCUT2D eigenvalue weighted by Crippen LogP contribution is 2.33. The molecule has 1 fully saturated rings. The maximum atomic E-state index is 5.78. The lowest BCUT2D eigenvalue weighted by Crippen LogP contribution is -2.33. The topological polar surface area (TPSA) is 18.5 Å². The molecule has 1 aliphatic carbocycles. The molecular weight excluding hydrogens is 224 g/mol. The second-order valence-corrected chi connectivity index (χ2v) is 5.79. The molecule has 1 aliphatic rings. The van der Waals surface area contributed by atoms with Crippen molar-refractivity contribution in [1.29, 1.82) is 0 Å². The third-order valence-electron chi connectivity index (χ3n) is 4.49. The highest BCUT2D eigenvalue weighted by Gasteiger charge is 2.29. The Balaban J connectivity index is 2.58. The van der Waals surface area contributed by atoms with E-state index in [0.29, 0.717) is 12.0 Å². The molecule has 2 heteroatoms. The van der Waals surface area contributed by atoms with E-state index in [0.717, 1.165) is 12.5 Å². The molecule has 0 aliphatic heterocycles. The van der Waals surface area contributed by atoms with Crippen LogP contribution in [-0.2, 0) is 9.47 Å². The molecule has 2 unspecified atom stereocenters. The van der Waals surface area contributed by atoms with Crippen molar-refractivity contribution in [3.8, 4) is 0 Å². The minimum atomic E-state index is 0.396. The van der Waals surface area contributed by atoms with Crippen LogP contribution in [0.2, 0.25) is 0 Å². The SMILES string of the molecule is CCCCC(OC)C(COC)C1CCCCCC1. The first-order valence-electron chi connectivity index (χ1n) is 7.85. The Kier molecular flexibility index (Phi) is 8.70. The summed E-state index contributed by atoms with van der Waals surface area (Å²) >= 11 is 0. The first-order valence-corrected chi connectivity index (χ1v) is 7.85. The fourth-order valence-electron chi connectivity index (χ4n) is 3.39. The largest absolute Gasteiger partial charge is 0.384 e. The number of unbranched alkanes of at least 4 members (excludes halogenated alkanes) is 1. The van der Waals surface area contributed by atoms with Gasteiger partial charge in [0.1, 0.15) is 0 Å². The van der Waals surface area contributed by atoms with E-state index < -0.39 is 0 Å². The van der Waals surface area contributed by atoms with E-state index in [2.05, 4.69) is 6.92 Å². The minimum absolute atomic E-state index is 0.396. The van der Waals surface area contributed by atoms with Crippen LogP contribution in [0.25, 0.3) is 0 Å². The van der Waals surface area contributed by atoms with Crippen molar-refractivity contribution in [3.05, 3.63) is 0 Å². The second-order valence-electron chi connectivity index (χ2n) is 5.79. The highest BCUT2D eigenvalue weighted by atomic mass is 16.5. The predicted octanol–water partition coefficient (Wildman–Crippen LogP) is 4.42. The summed E-state index contributed by atoms with van der Waals surface area (Å²) in [5.41, 5.74) is 0. The number of methoxy groups -OCH3 is 2. The molecule has 0 spiro atoms. The third kappa shape index (κ3) is 5.27. The zero-order chi connectivity index (χ0) is 13.2. The smallest absolute Gasteiger partial charge is 0.0624 e. The van der Waals surface area contributed by atoms with E-state index >= 15 is 0 Å². The lowest BCUT2D eigenvalue weighted by atomic mass is 9.81. The Morgan fingerprint density at radius 1 is 1.06 bits per heavy atom. The van der Waals surface area contributed by atoms with Crippen LogP contribution >= 0.6 is 0 Å². The maximum absolute atomic E-state index is 5.78. The molecule has 0 bridgehead atoms. The second kappa shape index (κ2) is 9.80. The normalized spacial score (nSPS) is 21.5. The summed E-state index contributed by atoms with van der Waals surface area (Å²) in [5.74, 6) is 1.42. The van der Waals surface area contributed by atoms with Crippen molar-refractivity contribution < 1.29 is 9.47 Å². The molecular formula is C16H32O2. The van der Waals surface area contributed by atoms with Crippen LogP contribution in [0.1, 0.15) is 64.7 Å². The first-order chi connectivity index (χ1) is 8.83. The molecule has 0 aromatic carbocycles. The molecule has 18 heavy (non-hydrogen) atoms. The highest BCUT2D eigenvalue weighted by molar-refractivity contribution is 4.79. The third-order valence-corrected chi connectivity index (χ3v) is 4.49. The molecule has 0 amide bonds. The molecule has 0 heterocycles. The van der Waals surface area contributed by atoms with Gasteiger partial charge in [0.2, 0.25) is 0 Å². The van der Waals surface area contributed by atoms with Gasteiger partial charge >= 0.3 is 0 Å². The van der Waals surface area contributed by atoms with E-state index in [9.17, 15) is 0 Å². The van der Waals surface area contributed by atoms with Gasteiger partial charge in [0, 0.05) is 20.1 Å². The number of hydrogen-bond donors (Lipinski definition) is 0. The first kappa shape index (κ1) is 16.0. The maximum Gasteiger partial charge on any atom is 0.0624 e. The Bertz CT molecular complexity index is 186. The lowest BCUT2D eigenvalue weighted by molar-refractivity contribution is -0.0202. The van der Waals surface area contributed by atoms with Gasteiger partial charge in [-0.2, -0.15) is 0 Å². The average molecular weight is 256 g/mol. The zero-order valence-electron chi connectivity index (χ0n) is 12.6. The van der Waals surface area contributed by atoms with E-state index in [1.165, 1.54) is 57.8 Å². The summed E-state index contributed by atoms with van der Waals surface area (Å²) in [5, 5.41) is 0. The van der Waals surface area contributed by atoms with Crippen molar-refractivity contribution in [3.63, 3.8) is 0 Å². The van der Waals surface area contributed by atoms with Crippen LogP contribution < -0.4 is 0 Å². The van der Waals surface area contributed by atoms with Crippen LogP contribution in [-0.4, -0.2) is 26.9 Å². The van der Waals surface area contributed by atoms with Crippen molar-refractivity contribution in [1.82, 2.24) is 0 Å². The Morgan fingerprint density at radius 2 is 1.72 bits per heavy atom. The van der Waals surface area contributed by atoms with Crippen molar-refractivity contribution in [2.24, 2.45) is 11.8 Å². The standard InChI is InChI=1S/C16H32O2/c1-4-5-12-16(18-3)15(13-17-2)14-10-8-6-7-9-11-14/h14-16H,4-13H2,1-3H3. The molecule has 0 N–H and O–H groups in total. The fourth-order valence-corrected chi connectivity index (χ4v) is 3.39. The summed E-state index contributed by atoms with van der Waals surface area (Å²) < 4.78 is 11.3. The predicted molar refractivity (Wildman–Crippen MR) is 76.9 cm³/mol. The van der Waals surface area contributed by atoms with Gasteiger partial charge in [-0.15, -0.1) is 0 Å². The van der Waals surface area contributed by atoms with Crippen LogP contribution in [0.5, 0.6) is 0 Å². The summed E-state index contributed by atoms with van der Waals surface area (Å²) in [6, 6.07) is 0. The Labute approximate surface area is 113 Å². The van der Waals surface area contributed by atoms with Gasteiger partial charge in [-0.1, -0.05) is 58.3 Å². The van der Waals surface area contributed by atoms with Gasteiger partial charge < -0.3 is 9.47 Å². The van der Waals surface area contributed by atoms with E-state index in [1.54, 1.807) is 0 Å². The number of ether oxygens (including phenoxy) is 2. The van der Waals surface area contributed by atoms with Gasteiger partial charge in [0.25, 0.3) is 0 Å². The fraction of sp³-hybridized carbons (Fsp3) is 1.00. The molecule has 2 nitrogen and oxygen atoms in total. The molecule has 0 saturated heterocycles. The summed E-state index contributed by atoms with van der Waals surface area (Å²) in [7, 11) is 3.70. The van der Waals surface area contributed by atoms with Crippen molar-refractivity contribution in [2.45, 2.75) is 70.8 Å². The zero-order valence-corrected chi connectivity index (χ0v) is 12.6. The van der Waals surface area contributed by atoms with Crippen LogP contribution in [0.3, 0.4) is 0 Å². The Morgan fingerprint density at radius 3 is 2.22 bits per heavy atom. The average Bonchev–Trinajstić information content (AvgIpc) is 2.67. The molecule has 1 saturated carbocycles. The lowest BCUT2D eigenvalue weighted by Gasteiger charge is -2.32. The molecule has 0 aromatic rings. The van der Waals surface area contributed by atoms with Gasteiger partial charge in [-0.3, -0.25) is 0 Å². The van der Waals surface area contributed by atoms with E-state index in [1.807, 2.05) is 14.2 Å². The molecule has 2 atom stereocenters. The van der Waals surface area contributed by atoms with Crippen LogP contribution in [0, 0.1) is 11.8 Å². The van der Waals surface area contributed by atoms with Crippen molar-refractivity contribution in [2.75, 3.05) is 20.8 Å². The Hall–Kier alpha value is -0.0800. The van der Waals surface area contributed by atoms with Crippen LogP contribution in [0.15, 0.2) is 0 Å². The molecule has 1 rings (SSSR count). The van der Waals surface area contributed by atoms with Gasteiger partial charge in [0.05, 0.1) is 12.7 Å². The van der Waals surface area contributed by atoms with E-state index in [-0.39, 0.29) is 0 Å². The minimum Gasteiger partial charge on any atom is -0.384 e.